The maximum absolute atomic E-state index is 11.2. The van der Waals surface area contributed by atoms with Gasteiger partial charge in [-0.15, -0.1) is 0 Å². The molecule has 14 heavy (non-hydrogen) atoms. The lowest BCUT2D eigenvalue weighted by Crippen LogP contribution is -2.24. The average Bonchev–Trinajstić information content (AvgIpc) is 2.02. The van der Waals surface area contributed by atoms with Crippen LogP contribution >= 0.6 is 0 Å². The first-order chi connectivity index (χ1) is 6.47. The third-order valence-corrected chi connectivity index (χ3v) is 1.54. The van der Waals surface area contributed by atoms with Gasteiger partial charge >= 0.3 is 5.97 Å². The lowest BCUT2D eigenvalue weighted by Gasteiger charge is -2.20. The van der Waals surface area contributed by atoms with Crippen LogP contribution in [-0.4, -0.2) is 18.4 Å². The minimum atomic E-state index is -0.441. The van der Waals surface area contributed by atoms with Crippen LogP contribution in [0.15, 0.2) is 12.2 Å². The quantitative estimate of drug-likeness (QED) is 0.375. The van der Waals surface area contributed by atoms with E-state index in [2.05, 4.69) is 6.58 Å². The predicted octanol–water partition coefficient (Wildman–Crippen LogP) is 2.66. The van der Waals surface area contributed by atoms with Crippen LogP contribution in [0.2, 0.25) is 0 Å². The van der Waals surface area contributed by atoms with Gasteiger partial charge in [0, 0.05) is 12.0 Å². The van der Waals surface area contributed by atoms with E-state index in [1.54, 1.807) is 6.92 Å². The predicted molar refractivity (Wildman–Crippen MR) is 55.8 cm³/mol. The topological polar surface area (TPSA) is 35.5 Å². The molecule has 0 rings (SSSR count). The summed E-state index contributed by atoms with van der Waals surface area (Å²) < 4.78 is 10.5. The second-order valence-corrected chi connectivity index (χ2v) is 3.59. The molecule has 0 fully saturated rings. The molecule has 0 aliphatic heterocycles. The Balaban J connectivity index is 4.08. The van der Waals surface area contributed by atoms with Crippen LogP contribution in [0.25, 0.3) is 0 Å². The molecule has 0 aromatic rings. The van der Waals surface area contributed by atoms with Gasteiger partial charge in [-0.05, 0) is 20.8 Å². The highest BCUT2D eigenvalue weighted by molar-refractivity contribution is 5.86. The Morgan fingerprint density at radius 3 is 2.36 bits per heavy atom. The first-order valence-corrected chi connectivity index (χ1v) is 4.99. The molecule has 0 aliphatic carbocycles. The van der Waals surface area contributed by atoms with Crippen molar-refractivity contribution >= 4 is 5.97 Å². The molecule has 0 saturated carbocycles. The fourth-order valence-electron chi connectivity index (χ4n) is 0.914. The molecule has 3 nitrogen and oxygen atoms in total. The largest absolute Gasteiger partial charge is 0.432 e. The molecule has 0 bridgehead atoms. The fraction of sp³-hybridized carbons (Fsp3) is 0.727. The van der Waals surface area contributed by atoms with E-state index in [0.29, 0.717) is 5.57 Å². The number of rotatable bonds is 6. The lowest BCUT2D eigenvalue weighted by atomic mass is 10.3. The molecule has 3 heteroatoms. The molecule has 1 unspecified atom stereocenters. The number of ether oxygens (including phenoxy) is 2. The summed E-state index contributed by atoms with van der Waals surface area (Å²) in [5, 5.41) is 0. The van der Waals surface area contributed by atoms with E-state index in [1.165, 1.54) is 0 Å². The zero-order valence-electron chi connectivity index (χ0n) is 9.50. The molecular formula is C11H20O3. The highest BCUT2D eigenvalue weighted by atomic mass is 16.7. The second kappa shape index (κ2) is 6.60. The van der Waals surface area contributed by atoms with E-state index in [4.69, 9.17) is 9.47 Å². The highest BCUT2D eigenvalue weighted by Crippen LogP contribution is 2.09. The number of carbonyl (C=O) groups is 1. The standard InChI is InChI=1S/C11H20O3/c1-6-7-10(13-9(4)5)14-11(12)8(2)3/h9-10H,2,6-7H2,1,3-5H3. The van der Waals surface area contributed by atoms with Crippen LogP contribution in [0.3, 0.4) is 0 Å². The molecule has 0 aromatic heterocycles. The van der Waals surface area contributed by atoms with Gasteiger partial charge in [0.1, 0.15) is 0 Å². The van der Waals surface area contributed by atoms with E-state index in [1.807, 2.05) is 20.8 Å². The summed E-state index contributed by atoms with van der Waals surface area (Å²) in [6.45, 7) is 11.0. The van der Waals surface area contributed by atoms with Crippen molar-refractivity contribution in [3.05, 3.63) is 12.2 Å². The Kier molecular flexibility index (Phi) is 6.21. The molecule has 0 radical (unpaired) electrons. The first-order valence-electron chi connectivity index (χ1n) is 4.99. The fourth-order valence-corrected chi connectivity index (χ4v) is 0.914. The van der Waals surface area contributed by atoms with Gasteiger partial charge in [-0.25, -0.2) is 4.79 Å². The molecule has 0 amide bonds. The van der Waals surface area contributed by atoms with Crippen LogP contribution in [0.4, 0.5) is 0 Å². The molecule has 0 N–H and O–H groups in total. The van der Waals surface area contributed by atoms with E-state index >= 15 is 0 Å². The monoisotopic (exact) mass is 200 g/mol. The summed E-state index contributed by atoms with van der Waals surface area (Å²) in [6.07, 6.45) is 1.26. The van der Waals surface area contributed by atoms with E-state index in [9.17, 15) is 4.79 Å². The number of esters is 1. The summed E-state index contributed by atoms with van der Waals surface area (Å²) in [5.74, 6) is -0.385. The average molecular weight is 200 g/mol. The molecule has 1 atom stereocenters. The Labute approximate surface area is 86.1 Å². The first kappa shape index (κ1) is 13.2. The zero-order valence-corrected chi connectivity index (χ0v) is 9.50. The van der Waals surface area contributed by atoms with Crippen molar-refractivity contribution in [2.45, 2.75) is 52.9 Å². The number of carbonyl (C=O) groups excluding carboxylic acids is 1. The smallest absolute Gasteiger partial charge is 0.335 e. The Morgan fingerprint density at radius 1 is 1.43 bits per heavy atom. The van der Waals surface area contributed by atoms with Crippen LogP contribution in [0, 0.1) is 0 Å². The summed E-state index contributed by atoms with van der Waals surface area (Å²) >= 11 is 0. The van der Waals surface area contributed by atoms with Gasteiger partial charge in [0.05, 0.1) is 6.10 Å². The van der Waals surface area contributed by atoms with Gasteiger partial charge in [0.15, 0.2) is 0 Å². The Bertz CT molecular complexity index is 197. The lowest BCUT2D eigenvalue weighted by molar-refractivity contribution is -0.183. The van der Waals surface area contributed by atoms with Crippen LogP contribution < -0.4 is 0 Å². The SMILES string of the molecule is C=C(C)C(=O)OC(CCC)OC(C)C. The van der Waals surface area contributed by atoms with Gasteiger partial charge in [-0.1, -0.05) is 19.9 Å². The van der Waals surface area contributed by atoms with Crippen molar-refractivity contribution in [1.82, 2.24) is 0 Å². The third-order valence-electron chi connectivity index (χ3n) is 1.54. The van der Waals surface area contributed by atoms with Crippen molar-refractivity contribution in [2.75, 3.05) is 0 Å². The molecule has 0 aliphatic rings. The maximum atomic E-state index is 11.2. The van der Waals surface area contributed by atoms with Crippen LogP contribution in [-0.2, 0) is 14.3 Å². The minimum absolute atomic E-state index is 0.0597. The van der Waals surface area contributed by atoms with Gasteiger partial charge in [0.2, 0.25) is 6.29 Å². The highest BCUT2D eigenvalue weighted by Gasteiger charge is 2.15. The van der Waals surface area contributed by atoms with E-state index < -0.39 is 6.29 Å². The number of hydrogen-bond acceptors (Lipinski definition) is 3. The Morgan fingerprint density at radius 2 is 2.00 bits per heavy atom. The maximum Gasteiger partial charge on any atom is 0.335 e. The summed E-state index contributed by atoms with van der Waals surface area (Å²) in [6, 6.07) is 0. The number of hydrogen-bond donors (Lipinski definition) is 0. The van der Waals surface area contributed by atoms with Crippen LogP contribution in [0.1, 0.15) is 40.5 Å². The van der Waals surface area contributed by atoms with Gasteiger partial charge < -0.3 is 9.47 Å². The van der Waals surface area contributed by atoms with Gasteiger partial charge in [-0.2, -0.15) is 0 Å². The molecule has 0 saturated heterocycles. The van der Waals surface area contributed by atoms with Crippen molar-refractivity contribution in [3.8, 4) is 0 Å². The summed E-state index contributed by atoms with van der Waals surface area (Å²) in [4.78, 5) is 11.2. The van der Waals surface area contributed by atoms with Gasteiger partial charge in [-0.3, -0.25) is 0 Å². The molecule has 0 aromatic carbocycles. The molecule has 0 spiro atoms. The Hall–Kier alpha value is -0.830. The zero-order chi connectivity index (χ0) is 11.1. The third kappa shape index (κ3) is 5.75. The second-order valence-electron chi connectivity index (χ2n) is 3.59. The van der Waals surface area contributed by atoms with Gasteiger partial charge in [0.25, 0.3) is 0 Å². The molecule has 0 heterocycles. The minimum Gasteiger partial charge on any atom is -0.432 e. The molecular weight excluding hydrogens is 180 g/mol. The van der Waals surface area contributed by atoms with E-state index in [-0.39, 0.29) is 12.1 Å². The van der Waals surface area contributed by atoms with Crippen LogP contribution in [0.5, 0.6) is 0 Å². The van der Waals surface area contributed by atoms with Crippen molar-refractivity contribution in [2.24, 2.45) is 0 Å². The summed E-state index contributed by atoms with van der Waals surface area (Å²) in [5.41, 5.74) is 0.401. The molecule has 82 valence electrons. The van der Waals surface area contributed by atoms with Crippen molar-refractivity contribution < 1.29 is 14.3 Å². The van der Waals surface area contributed by atoms with Crippen molar-refractivity contribution in [1.29, 1.82) is 0 Å². The van der Waals surface area contributed by atoms with Crippen molar-refractivity contribution in [3.63, 3.8) is 0 Å². The summed E-state index contributed by atoms with van der Waals surface area (Å²) in [7, 11) is 0. The van der Waals surface area contributed by atoms with E-state index in [0.717, 1.165) is 12.8 Å². The normalized spacial score (nSPS) is 12.6.